The maximum absolute atomic E-state index is 14.3. The average molecular weight is 737 g/mol. The normalized spacial score (nSPS) is 16.2. The molecule has 51 heavy (non-hydrogen) atoms. The van der Waals surface area contributed by atoms with E-state index >= 15 is 0 Å². The number of carbonyl (C=O) groups excluding carboxylic acids is 2. The summed E-state index contributed by atoms with van der Waals surface area (Å²) in [5.41, 5.74) is 11.7. The lowest BCUT2D eigenvalue weighted by molar-refractivity contribution is -0.118. The van der Waals surface area contributed by atoms with E-state index in [9.17, 15) is 9.59 Å². The molecule has 3 aromatic rings. The van der Waals surface area contributed by atoms with Crippen molar-refractivity contribution >= 4 is 34.7 Å². The molecule has 1 aromatic carbocycles. The van der Waals surface area contributed by atoms with Gasteiger partial charge in [0.05, 0.1) is 40.8 Å². The highest BCUT2D eigenvalue weighted by molar-refractivity contribution is 7.09. The summed E-state index contributed by atoms with van der Waals surface area (Å²) in [5, 5.41) is 16.6. The zero-order valence-corrected chi connectivity index (χ0v) is 31.3. The van der Waals surface area contributed by atoms with Gasteiger partial charge in [0, 0.05) is 55.8 Å². The van der Waals surface area contributed by atoms with E-state index in [0.29, 0.717) is 57.2 Å². The number of morpholine rings is 1. The number of alkyl carbamates (subject to hydrolysis) is 1. The van der Waals surface area contributed by atoms with Crippen LogP contribution in [0, 0.1) is 0 Å². The smallest absolute Gasteiger partial charge is 0.407 e. The minimum atomic E-state index is -0.526. The lowest BCUT2D eigenvalue weighted by Gasteiger charge is -2.28. The van der Waals surface area contributed by atoms with Crippen molar-refractivity contribution < 1.29 is 19.1 Å². The molecule has 0 unspecified atom stereocenters. The number of benzene rings is 1. The molecule has 0 radical (unpaired) electrons. The molecule has 1 saturated carbocycles. The lowest BCUT2D eigenvalue weighted by atomic mass is 9.92. The molecule has 3 heterocycles. The van der Waals surface area contributed by atoms with Crippen LogP contribution in [0.15, 0.2) is 70.6 Å². The average Bonchev–Trinajstić information content (AvgIpc) is 3.83. The molecular formula is C37H52N8O4S2. The highest BCUT2D eigenvalue weighted by Crippen LogP contribution is 2.28. The molecule has 1 saturated heterocycles. The second-order valence-electron chi connectivity index (χ2n) is 13.2. The first-order chi connectivity index (χ1) is 24.9. The van der Waals surface area contributed by atoms with Crippen molar-refractivity contribution in [3.05, 3.63) is 91.7 Å². The number of thiazole rings is 2. The topological polar surface area (TPSA) is 156 Å². The molecule has 2 fully saturated rings. The second kappa shape index (κ2) is 20.3. The van der Waals surface area contributed by atoms with Crippen LogP contribution >= 0.6 is 22.7 Å². The SMILES string of the molecule is CC(C)c1nc(CNC(N/C(=C/CN2CCOCC2)C(=O)N[C@H](CC[C@H](CN)NC(=O)OCc2cncs2)Cc2ccccc2)=C2CCC2)cs1. The van der Waals surface area contributed by atoms with E-state index in [1.54, 1.807) is 23.0 Å². The van der Waals surface area contributed by atoms with E-state index in [4.69, 9.17) is 20.2 Å². The van der Waals surface area contributed by atoms with E-state index in [1.807, 2.05) is 24.3 Å². The number of hydrogen-bond acceptors (Lipinski definition) is 12. The molecule has 2 aliphatic rings. The van der Waals surface area contributed by atoms with E-state index in [1.165, 1.54) is 16.9 Å². The van der Waals surface area contributed by atoms with Gasteiger partial charge in [0.15, 0.2) is 0 Å². The van der Waals surface area contributed by atoms with E-state index in [0.717, 1.165) is 59.3 Å². The van der Waals surface area contributed by atoms with Crippen LogP contribution in [-0.4, -0.2) is 78.3 Å². The van der Waals surface area contributed by atoms with Gasteiger partial charge in [-0.2, -0.15) is 0 Å². The first-order valence-electron chi connectivity index (χ1n) is 17.9. The largest absolute Gasteiger partial charge is 0.444 e. The number of nitrogens with two attached hydrogens (primary N) is 1. The molecule has 6 N–H and O–H groups in total. The Labute approximate surface area is 309 Å². The highest BCUT2D eigenvalue weighted by Gasteiger charge is 2.23. The van der Waals surface area contributed by atoms with E-state index < -0.39 is 6.09 Å². The molecule has 2 atom stereocenters. The number of hydrogen-bond donors (Lipinski definition) is 5. The van der Waals surface area contributed by atoms with Gasteiger partial charge in [-0.3, -0.25) is 14.7 Å². The zero-order valence-electron chi connectivity index (χ0n) is 29.7. The summed E-state index contributed by atoms with van der Waals surface area (Å²) in [6, 6.07) is 9.59. The van der Waals surface area contributed by atoms with Gasteiger partial charge >= 0.3 is 6.09 Å². The summed E-state index contributed by atoms with van der Waals surface area (Å²) < 4.78 is 10.9. The van der Waals surface area contributed by atoms with Crippen molar-refractivity contribution in [2.75, 3.05) is 39.4 Å². The van der Waals surface area contributed by atoms with Gasteiger partial charge in [0.1, 0.15) is 18.1 Å². The van der Waals surface area contributed by atoms with Crippen molar-refractivity contribution in [3.63, 3.8) is 0 Å². The summed E-state index contributed by atoms with van der Waals surface area (Å²) in [6.45, 7) is 8.90. The molecule has 2 aromatic heterocycles. The van der Waals surface area contributed by atoms with Gasteiger partial charge in [-0.15, -0.1) is 22.7 Å². The Hall–Kier alpha value is -3.82. The molecule has 5 rings (SSSR count). The van der Waals surface area contributed by atoms with Crippen LogP contribution in [0.5, 0.6) is 0 Å². The quantitative estimate of drug-likeness (QED) is 0.109. The minimum absolute atomic E-state index is 0.156. The van der Waals surface area contributed by atoms with Gasteiger partial charge in [0.2, 0.25) is 0 Å². The zero-order chi connectivity index (χ0) is 35.8. The summed E-state index contributed by atoms with van der Waals surface area (Å²) in [4.78, 5) is 38.8. The summed E-state index contributed by atoms with van der Waals surface area (Å²) >= 11 is 3.11. The Kier molecular flexibility index (Phi) is 15.3. The molecule has 0 spiro atoms. The fourth-order valence-corrected chi connectivity index (χ4v) is 7.09. The third kappa shape index (κ3) is 12.7. The van der Waals surface area contributed by atoms with Crippen molar-refractivity contribution in [2.24, 2.45) is 5.73 Å². The molecule has 276 valence electrons. The fourth-order valence-electron chi connectivity index (χ4n) is 5.75. The van der Waals surface area contributed by atoms with Gasteiger partial charge < -0.3 is 36.5 Å². The maximum Gasteiger partial charge on any atom is 0.407 e. The Bertz CT molecular complexity index is 1570. The molecule has 2 amide bonds. The number of aromatic nitrogens is 2. The van der Waals surface area contributed by atoms with Crippen LogP contribution in [-0.2, 0) is 33.8 Å². The Morgan fingerprint density at radius 1 is 1.08 bits per heavy atom. The second-order valence-corrected chi connectivity index (χ2v) is 15.1. The Morgan fingerprint density at radius 2 is 1.86 bits per heavy atom. The maximum atomic E-state index is 14.3. The fraction of sp³-hybridized carbons (Fsp3) is 0.514. The van der Waals surface area contributed by atoms with Crippen LogP contribution in [0.4, 0.5) is 4.79 Å². The third-order valence-electron chi connectivity index (χ3n) is 8.94. The molecule has 14 heteroatoms. The van der Waals surface area contributed by atoms with Gasteiger partial charge in [-0.25, -0.2) is 9.78 Å². The standard InChI is InChI=1S/C37H52N8O4S2/c1-26(2)36-42-31(24-50-36)21-40-34(28-9-6-10-28)44-33(13-14-45-15-17-48-18-16-45)35(46)41-29(19-27-7-4-3-5-8-27)11-12-30(20-38)43-37(47)49-23-32-22-39-25-51-32/h3-5,7-8,13,22,24-26,29-30,40,44H,6,9-12,14-21,23,38H2,1-2H3,(H,41,46)(H,43,47)/b33-13+/t29-,30-/m1/s1. The molecule has 1 aliphatic heterocycles. The lowest BCUT2D eigenvalue weighted by Crippen LogP contribution is -2.45. The Balaban J connectivity index is 1.28. The van der Waals surface area contributed by atoms with Crippen molar-refractivity contribution in [1.29, 1.82) is 0 Å². The number of allylic oxidation sites excluding steroid dienone is 1. The van der Waals surface area contributed by atoms with Crippen molar-refractivity contribution in [3.8, 4) is 0 Å². The predicted octanol–water partition coefficient (Wildman–Crippen LogP) is 4.78. The van der Waals surface area contributed by atoms with Crippen molar-refractivity contribution in [2.45, 2.75) is 83.5 Å². The van der Waals surface area contributed by atoms with Gasteiger partial charge in [-0.05, 0) is 55.7 Å². The highest BCUT2D eigenvalue weighted by atomic mass is 32.1. The minimum Gasteiger partial charge on any atom is -0.444 e. The van der Waals surface area contributed by atoms with Gasteiger partial charge in [-0.1, -0.05) is 44.2 Å². The number of amides is 2. The number of nitrogens with one attached hydrogen (secondary N) is 4. The van der Waals surface area contributed by atoms with E-state index in [2.05, 4.69) is 62.5 Å². The van der Waals surface area contributed by atoms with Crippen LogP contribution in [0.1, 0.15) is 73.0 Å². The Morgan fingerprint density at radius 3 is 2.53 bits per heavy atom. The first kappa shape index (κ1) is 38.4. The molecule has 1 aliphatic carbocycles. The molecule has 0 bridgehead atoms. The molecular weight excluding hydrogens is 685 g/mol. The predicted molar refractivity (Wildman–Crippen MR) is 202 cm³/mol. The van der Waals surface area contributed by atoms with Crippen LogP contribution in [0.2, 0.25) is 0 Å². The van der Waals surface area contributed by atoms with E-state index in [-0.39, 0.29) is 31.1 Å². The monoisotopic (exact) mass is 736 g/mol. The summed E-state index contributed by atoms with van der Waals surface area (Å²) in [7, 11) is 0. The number of ether oxygens (including phenoxy) is 2. The third-order valence-corrected chi connectivity index (χ3v) is 10.9. The number of rotatable bonds is 19. The van der Waals surface area contributed by atoms with Crippen molar-refractivity contribution in [1.82, 2.24) is 36.1 Å². The number of carbonyl (C=O) groups is 2. The van der Waals surface area contributed by atoms with Crippen LogP contribution in [0.25, 0.3) is 0 Å². The number of nitrogens with zero attached hydrogens (tertiary/aromatic N) is 3. The molecule has 12 nitrogen and oxygen atoms in total. The first-order valence-corrected chi connectivity index (χ1v) is 19.6. The van der Waals surface area contributed by atoms with Crippen LogP contribution < -0.4 is 27.0 Å². The van der Waals surface area contributed by atoms with Gasteiger partial charge in [0.25, 0.3) is 5.91 Å². The van der Waals surface area contributed by atoms with Crippen LogP contribution in [0.3, 0.4) is 0 Å². The summed E-state index contributed by atoms with van der Waals surface area (Å²) in [6.07, 6.45) is 8.03. The summed E-state index contributed by atoms with van der Waals surface area (Å²) in [5.74, 6) is 1.08.